The minimum atomic E-state index is -0.478. The van der Waals surface area contributed by atoms with Crippen molar-refractivity contribution < 1.29 is 33.3 Å². The Balaban J connectivity index is 1.20. The zero-order valence-corrected chi connectivity index (χ0v) is 31.7. The summed E-state index contributed by atoms with van der Waals surface area (Å²) in [5.41, 5.74) is 4.35. The molecule has 0 fully saturated rings. The van der Waals surface area contributed by atoms with Crippen LogP contribution in [0.4, 0.5) is 34.9 Å². The fourth-order valence-electron chi connectivity index (χ4n) is 5.58. The molecule has 5 rings (SSSR count). The number of hydrogen-bond acceptors (Lipinski definition) is 13. The molecule has 0 bridgehead atoms. The van der Waals surface area contributed by atoms with Crippen molar-refractivity contribution in [1.82, 2.24) is 15.0 Å². The van der Waals surface area contributed by atoms with E-state index in [0.717, 1.165) is 12.2 Å². The summed E-state index contributed by atoms with van der Waals surface area (Å²) < 4.78 is 20.8. The van der Waals surface area contributed by atoms with E-state index in [1.54, 1.807) is 72.8 Å². The van der Waals surface area contributed by atoms with Gasteiger partial charge in [-0.3, -0.25) is 0 Å². The fourth-order valence-corrected chi connectivity index (χ4v) is 5.58. The number of ether oxygens (including phenoxy) is 4. The van der Waals surface area contributed by atoms with Gasteiger partial charge >= 0.3 is 17.9 Å². The third-order valence-electron chi connectivity index (χ3n) is 8.76. The molecular weight excluding hydrogens is 700 g/mol. The normalized spacial score (nSPS) is 10.9. The molecule has 55 heavy (non-hydrogen) atoms. The van der Waals surface area contributed by atoms with Crippen LogP contribution < -0.4 is 20.7 Å². The monoisotopic (exact) mass is 746 g/mol. The van der Waals surface area contributed by atoms with Crippen molar-refractivity contribution in [1.29, 1.82) is 0 Å². The number of aromatic nitrogens is 3. The van der Waals surface area contributed by atoms with Crippen LogP contribution in [-0.4, -0.2) is 60.3 Å². The maximum atomic E-state index is 12.8. The third kappa shape index (κ3) is 11.5. The molecule has 0 spiro atoms. The van der Waals surface area contributed by atoms with Crippen molar-refractivity contribution >= 4 is 52.8 Å². The van der Waals surface area contributed by atoms with Crippen molar-refractivity contribution in [3.05, 3.63) is 119 Å². The summed E-state index contributed by atoms with van der Waals surface area (Å²) in [7, 11) is 2.64. The molecule has 13 heteroatoms. The Morgan fingerprint density at radius 2 is 0.982 bits per heavy atom. The van der Waals surface area contributed by atoms with Crippen molar-refractivity contribution in [2.24, 2.45) is 0 Å². The highest BCUT2D eigenvalue weighted by Crippen LogP contribution is 2.30. The number of anilines is 6. The maximum absolute atomic E-state index is 12.8. The minimum Gasteiger partial charge on any atom is -0.490 e. The molecule has 0 unspecified atom stereocenters. The summed E-state index contributed by atoms with van der Waals surface area (Å²) in [6.45, 7) is 7.07. The van der Waals surface area contributed by atoms with Gasteiger partial charge < -0.3 is 34.9 Å². The second kappa shape index (κ2) is 19.0. The van der Waals surface area contributed by atoms with E-state index in [9.17, 15) is 14.4 Å². The van der Waals surface area contributed by atoms with Gasteiger partial charge in [-0.25, -0.2) is 14.4 Å². The second-order valence-corrected chi connectivity index (χ2v) is 13.2. The third-order valence-corrected chi connectivity index (χ3v) is 8.76. The van der Waals surface area contributed by atoms with Gasteiger partial charge in [0.2, 0.25) is 17.8 Å². The molecule has 1 aromatic heterocycles. The van der Waals surface area contributed by atoms with Crippen molar-refractivity contribution in [2.45, 2.75) is 51.9 Å². The van der Waals surface area contributed by atoms with Gasteiger partial charge in [0.15, 0.2) is 0 Å². The second-order valence-electron chi connectivity index (χ2n) is 13.2. The van der Waals surface area contributed by atoms with Gasteiger partial charge in [0.25, 0.3) is 0 Å². The molecule has 0 aliphatic heterocycles. The van der Waals surface area contributed by atoms with E-state index in [-0.39, 0.29) is 36.5 Å². The predicted molar refractivity (Wildman–Crippen MR) is 211 cm³/mol. The number of carbonyl (C=O) groups is 3. The first-order valence-corrected chi connectivity index (χ1v) is 18.0. The first kappa shape index (κ1) is 39.7. The van der Waals surface area contributed by atoms with E-state index in [4.69, 9.17) is 18.9 Å². The SMILES string of the molecule is CCCCCC(C)(C)c1ccc(OCCOC(=O)c2ccc(Nc3nc(Nc4ccc(C(=O)OC)cc4)nc(Nc4ccc(C(=O)OC)cc4)n3)cc2)cc1. The molecule has 0 saturated carbocycles. The molecule has 0 saturated heterocycles. The molecule has 4 aromatic carbocycles. The number of esters is 3. The topological polar surface area (TPSA) is 163 Å². The smallest absolute Gasteiger partial charge is 0.338 e. The number of methoxy groups -OCH3 is 2. The quantitative estimate of drug-likeness (QED) is 0.0443. The highest BCUT2D eigenvalue weighted by molar-refractivity contribution is 5.91. The van der Waals surface area contributed by atoms with E-state index >= 15 is 0 Å². The molecule has 1 heterocycles. The number of hydrogen-bond donors (Lipinski definition) is 3. The van der Waals surface area contributed by atoms with Gasteiger partial charge in [0, 0.05) is 17.1 Å². The van der Waals surface area contributed by atoms with Crippen LogP contribution in [0.3, 0.4) is 0 Å². The van der Waals surface area contributed by atoms with Crippen LogP contribution in [0.5, 0.6) is 5.75 Å². The van der Waals surface area contributed by atoms with E-state index in [2.05, 4.69) is 63.8 Å². The molecular formula is C42H46N6O7. The summed E-state index contributed by atoms with van der Waals surface area (Å²) >= 11 is 0. The highest BCUT2D eigenvalue weighted by Gasteiger charge is 2.20. The summed E-state index contributed by atoms with van der Waals surface area (Å²) in [6, 6.07) is 28.1. The lowest BCUT2D eigenvalue weighted by Crippen LogP contribution is -2.17. The van der Waals surface area contributed by atoms with Gasteiger partial charge in [-0.15, -0.1) is 0 Å². The molecule has 0 atom stereocenters. The van der Waals surface area contributed by atoms with Crippen molar-refractivity contribution in [3.8, 4) is 5.75 Å². The van der Waals surface area contributed by atoms with Gasteiger partial charge in [0.05, 0.1) is 30.9 Å². The van der Waals surface area contributed by atoms with Gasteiger partial charge in [0.1, 0.15) is 19.0 Å². The van der Waals surface area contributed by atoms with Crippen LogP contribution in [0.15, 0.2) is 97.1 Å². The molecule has 0 radical (unpaired) electrons. The van der Waals surface area contributed by atoms with Gasteiger partial charge in [-0.05, 0) is 102 Å². The lowest BCUT2D eigenvalue weighted by Gasteiger charge is -2.25. The van der Waals surface area contributed by atoms with Crippen LogP contribution in [0, 0.1) is 0 Å². The lowest BCUT2D eigenvalue weighted by molar-refractivity contribution is 0.0449. The molecule has 0 aliphatic rings. The highest BCUT2D eigenvalue weighted by atomic mass is 16.6. The predicted octanol–water partition coefficient (Wildman–Crippen LogP) is 8.77. The van der Waals surface area contributed by atoms with Crippen LogP contribution in [0.1, 0.15) is 83.1 Å². The van der Waals surface area contributed by atoms with Gasteiger partial charge in [-0.1, -0.05) is 52.2 Å². The van der Waals surface area contributed by atoms with Gasteiger partial charge in [-0.2, -0.15) is 15.0 Å². The average Bonchev–Trinajstić information content (AvgIpc) is 3.20. The summed E-state index contributed by atoms with van der Waals surface area (Å²) in [4.78, 5) is 50.0. The first-order chi connectivity index (χ1) is 26.6. The Morgan fingerprint density at radius 1 is 0.564 bits per heavy atom. The number of benzene rings is 4. The standard InChI is InChI=1S/C42H46N6O7/c1-6-7-8-25-42(2,3)31-15-23-35(24-16-31)54-26-27-55-38(51)30-13-21-34(22-14-30)45-41-47-39(43-32-17-9-28(10-18-32)36(49)52-4)46-40(48-41)44-33-19-11-29(12-20-33)37(50)53-5/h9-24H,6-8,25-27H2,1-5H3,(H3,43,44,45,46,47,48). The van der Waals surface area contributed by atoms with Crippen LogP contribution >= 0.6 is 0 Å². The Kier molecular flexibility index (Phi) is 13.7. The Hall–Kier alpha value is -6.50. The van der Waals surface area contributed by atoms with E-state index in [0.29, 0.717) is 33.8 Å². The number of nitrogens with zero attached hydrogens (tertiary/aromatic N) is 3. The molecule has 286 valence electrons. The largest absolute Gasteiger partial charge is 0.490 e. The molecule has 0 amide bonds. The average molecular weight is 747 g/mol. The van der Waals surface area contributed by atoms with Crippen LogP contribution in [0.2, 0.25) is 0 Å². The Labute approximate surface area is 320 Å². The Bertz CT molecular complexity index is 1960. The van der Waals surface area contributed by atoms with Crippen molar-refractivity contribution in [2.75, 3.05) is 43.4 Å². The van der Waals surface area contributed by atoms with E-state index in [1.165, 1.54) is 39.0 Å². The molecule has 3 N–H and O–H groups in total. The maximum Gasteiger partial charge on any atom is 0.338 e. The number of nitrogens with one attached hydrogen (secondary N) is 3. The van der Waals surface area contributed by atoms with E-state index < -0.39 is 17.9 Å². The number of rotatable bonds is 18. The van der Waals surface area contributed by atoms with Crippen LogP contribution in [-0.2, 0) is 19.6 Å². The number of carbonyl (C=O) groups excluding carboxylic acids is 3. The van der Waals surface area contributed by atoms with Crippen molar-refractivity contribution in [3.63, 3.8) is 0 Å². The van der Waals surface area contributed by atoms with E-state index in [1.807, 2.05) is 12.1 Å². The molecule has 13 nitrogen and oxygen atoms in total. The number of unbranched alkanes of at least 4 members (excludes halogenated alkanes) is 2. The minimum absolute atomic E-state index is 0.0936. The first-order valence-electron chi connectivity index (χ1n) is 18.0. The summed E-state index contributed by atoms with van der Waals surface area (Å²) in [6.07, 6.45) is 4.79. The fraction of sp³-hybridized carbons (Fsp3) is 0.286. The Morgan fingerprint density at radius 3 is 1.38 bits per heavy atom. The lowest BCUT2D eigenvalue weighted by atomic mass is 9.80. The summed E-state index contributed by atoms with van der Waals surface area (Å²) in [5.74, 6) is -0.0760. The summed E-state index contributed by atoms with van der Waals surface area (Å²) in [5, 5.41) is 9.39. The zero-order chi connectivity index (χ0) is 39.2. The van der Waals surface area contributed by atoms with Crippen LogP contribution in [0.25, 0.3) is 0 Å². The zero-order valence-electron chi connectivity index (χ0n) is 31.7. The molecule has 5 aromatic rings. The molecule has 0 aliphatic carbocycles.